The summed E-state index contributed by atoms with van der Waals surface area (Å²) in [6.07, 6.45) is 1.64. The summed E-state index contributed by atoms with van der Waals surface area (Å²) in [7, 11) is 1.45. The minimum Gasteiger partial charge on any atom is -0.478 e. The van der Waals surface area contributed by atoms with Gasteiger partial charge in [-0.2, -0.15) is 0 Å². The number of methoxy groups -OCH3 is 1. The van der Waals surface area contributed by atoms with Gasteiger partial charge < -0.3 is 25.4 Å². The number of hydrogen-bond acceptors (Lipinski definition) is 5. The summed E-state index contributed by atoms with van der Waals surface area (Å²) in [5.74, 6) is 0.229. The smallest absolute Gasteiger partial charge is 0.319 e. The standard InChI is InChI=1S/C18H22N4O4/c1-3-26-17-13(6-5-9-19-17)11-20-18(24)22-15-8-4-7-14(10-15)21-16(23)12-25-2/h4-10H,3,11-12H2,1-2H3,(H,21,23)(H2,20,22,24). The summed E-state index contributed by atoms with van der Waals surface area (Å²) in [5, 5.41) is 8.14. The third kappa shape index (κ3) is 6.06. The fourth-order valence-electron chi connectivity index (χ4n) is 2.18. The molecule has 1 aromatic carbocycles. The van der Waals surface area contributed by atoms with E-state index in [4.69, 9.17) is 9.47 Å². The van der Waals surface area contributed by atoms with E-state index in [0.29, 0.717) is 23.9 Å². The van der Waals surface area contributed by atoms with Crippen LogP contribution in [0, 0.1) is 0 Å². The highest BCUT2D eigenvalue weighted by atomic mass is 16.5. The normalized spacial score (nSPS) is 10.1. The van der Waals surface area contributed by atoms with Gasteiger partial charge in [0.2, 0.25) is 11.8 Å². The molecule has 0 fully saturated rings. The zero-order valence-corrected chi connectivity index (χ0v) is 14.7. The highest BCUT2D eigenvalue weighted by molar-refractivity contribution is 5.94. The summed E-state index contributed by atoms with van der Waals surface area (Å²) in [5.41, 5.74) is 1.90. The lowest BCUT2D eigenvalue weighted by Crippen LogP contribution is -2.28. The van der Waals surface area contributed by atoms with E-state index >= 15 is 0 Å². The zero-order valence-electron chi connectivity index (χ0n) is 14.7. The number of nitrogens with zero attached hydrogens (tertiary/aromatic N) is 1. The number of carbonyl (C=O) groups excluding carboxylic acids is 2. The maximum Gasteiger partial charge on any atom is 0.319 e. The third-order valence-electron chi connectivity index (χ3n) is 3.25. The van der Waals surface area contributed by atoms with Crippen LogP contribution in [0.15, 0.2) is 42.6 Å². The minimum atomic E-state index is -0.378. The van der Waals surface area contributed by atoms with Crippen molar-refractivity contribution in [3.8, 4) is 5.88 Å². The number of carbonyl (C=O) groups is 2. The lowest BCUT2D eigenvalue weighted by atomic mass is 10.2. The van der Waals surface area contributed by atoms with Crippen molar-refractivity contribution >= 4 is 23.3 Å². The van der Waals surface area contributed by atoms with E-state index in [1.54, 1.807) is 36.5 Å². The molecule has 0 radical (unpaired) electrons. The summed E-state index contributed by atoms with van der Waals surface area (Å²) < 4.78 is 10.2. The molecule has 26 heavy (non-hydrogen) atoms. The Morgan fingerprint density at radius 1 is 1.12 bits per heavy atom. The Balaban J connectivity index is 1.91. The van der Waals surface area contributed by atoms with E-state index in [9.17, 15) is 9.59 Å². The number of ether oxygens (including phenoxy) is 2. The number of amides is 3. The van der Waals surface area contributed by atoms with E-state index in [1.807, 2.05) is 13.0 Å². The van der Waals surface area contributed by atoms with Crippen molar-refractivity contribution in [1.82, 2.24) is 10.3 Å². The highest BCUT2D eigenvalue weighted by Crippen LogP contribution is 2.16. The van der Waals surface area contributed by atoms with Crippen molar-refractivity contribution < 1.29 is 19.1 Å². The van der Waals surface area contributed by atoms with Gasteiger partial charge in [-0.3, -0.25) is 4.79 Å². The Morgan fingerprint density at radius 3 is 2.62 bits per heavy atom. The van der Waals surface area contributed by atoms with Gasteiger partial charge in [0.1, 0.15) is 6.61 Å². The van der Waals surface area contributed by atoms with Crippen LogP contribution in [0.25, 0.3) is 0 Å². The van der Waals surface area contributed by atoms with Crippen LogP contribution in [0.5, 0.6) is 5.88 Å². The van der Waals surface area contributed by atoms with Gasteiger partial charge in [0.15, 0.2) is 0 Å². The van der Waals surface area contributed by atoms with Crippen molar-refractivity contribution in [3.05, 3.63) is 48.2 Å². The molecule has 1 aromatic heterocycles. The number of anilines is 2. The van der Waals surface area contributed by atoms with Gasteiger partial charge in [-0.1, -0.05) is 12.1 Å². The Hall–Kier alpha value is -3.13. The van der Waals surface area contributed by atoms with Crippen LogP contribution in [0.1, 0.15) is 12.5 Å². The fraction of sp³-hybridized carbons (Fsp3) is 0.278. The number of urea groups is 1. The molecule has 0 unspecified atom stereocenters. The number of hydrogen-bond donors (Lipinski definition) is 3. The Morgan fingerprint density at radius 2 is 1.88 bits per heavy atom. The first-order chi connectivity index (χ1) is 12.6. The SMILES string of the molecule is CCOc1ncccc1CNC(=O)Nc1cccc(NC(=O)COC)c1. The van der Waals surface area contributed by atoms with Crippen molar-refractivity contribution in [3.63, 3.8) is 0 Å². The topological polar surface area (TPSA) is 102 Å². The molecule has 3 N–H and O–H groups in total. The third-order valence-corrected chi connectivity index (χ3v) is 3.25. The van der Waals surface area contributed by atoms with Gasteiger partial charge in [-0.25, -0.2) is 9.78 Å². The van der Waals surface area contributed by atoms with E-state index in [0.717, 1.165) is 5.56 Å². The zero-order chi connectivity index (χ0) is 18.8. The monoisotopic (exact) mass is 358 g/mol. The molecule has 0 bridgehead atoms. The van der Waals surface area contributed by atoms with Crippen molar-refractivity contribution in [2.45, 2.75) is 13.5 Å². The second-order valence-corrected chi connectivity index (χ2v) is 5.27. The highest BCUT2D eigenvalue weighted by Gasteiger charge is 2.08. The lowest BCUT2D eigenvalue weighted by Gasteiger charge is -2.11. The van der Waals surface area contributed by atoms with Gasteiger partial charge in [-0.05, 0) is 31.2 Å². The molecule has 0 saturated carbocycles. The van der Waals surface area contributed by atoms with Gasteiger partial charge in [-0.15, -0.1) is 0 Å². The summed E-state index contributed by atoms with van der Waals surface area (Å²) in [6, 6.07) is 10.1. The van der Waals surface area contributed by atoms with Crippen LogP contribution < -0.4 is 20.7 Å². The van der Waals surface area contributed by atoms with E-state index in [1.165, 1.54) is 7.11 Å². The first kappa shape index (κ1) is 19.2. The molecule has 3 amide bonds. The molecule has 0 atom stereocenters. The van der Waals surface area contributed by atoms with Crippen molar-refractivity contribution in [1.29, 1.82) is 0 Å². The van der Waals surface area contributed by atoms with Crippen LogP contribution in [0.4, 0.5) is 16.2 Å². The van der Waals surface area contributed by atoms with E-state index < -0.39 is 0 Å². The largest absolute Gasteiger partial charge is 0.478 e. The predicted octanol–water partition coefficient (Wildman–Crippen LogP) is 2.39. The second-order valence-electron chi connectivity index (χ2n) is 5.27. The van der Waals surface area contributed by atoms with Crippen molar-refractivity contribution in [2.24, 2.45) is 0 Å². The van der Waals surface area contributed by atoms with Crippen LogP contribution >= 0.6 is 0 Å². The number of benzene rings is 1. The Bertz CT molecular complexity index is 751. The molecule has 0 aliphatic heterocycles. The molecule has 0 aliphatic rings. The average molecular weight is 358 g/mol. The van der Waals surface area contributed by atoms with Gasteiger partial charge in [0.05, 0.1) is 6.61 Å². The van der Waals surface area contributed by atoms with E-state index in [2.05, 4.69) is 20.9 Å². The molecule has 0 saturated heterocycles. The molecule has 2 aromatic rings. The number of nitrogens with one attached hydrogen (secondary N) is 3. The van der Waals surface area contributed by atoms with Crippen LogP contribution in [0.2, 0.25) is 0 Å². The summed E-state index contributed by atoms with van der Waals surface area (Å²) in [4.78, 5) is 27.8. The first-order valence-electron chi connectivity index (χ1n) is 8.12. The molecule has 0 aliphatic carbocycles. The van der Waals surface area contributed by atoms with Crippen molar-refractivity contribution in [2.75, 3.05) is 31.0 Å². The maximum absolute atomic E-state index is 12.1. The second kappa shape index (κ2) is 10.00. The van der Waals surface area contributed by atoms with Crippen LogP contribution in [-0.4, -0.2) is 37.2 Å². The summed E-state index contributed by atoms with van der Waals surface area (Å²) in [6.45, 7) is 2.61. The molecule has 1 heterocycles. The van der Waals surface area contributed by atoms with Crippen LogP contribution in [-0.2, 0) is 16.1 Å². The van der Waals surface area contributed by atoms with Gasteiger partial charge in [0, 0.05) is 36.8 Å². The number of rotatable bonds is 8. The number of pyridine rings is 1. The first-order valence-corrected chi connectivity index (χ1v) is 8.12. The molecule has 0 spiro atoms. The Kier molecular flexibility index (Phi) is 7.38. The molecule has 2 rings (SSSR count). The van der Waals surface area contributed by atoms with E-state index in [-0.39, 0.29) is 25.1 Å². The van der Waals surface area contributed by atoms with Crippen LogP contribution in [0.3, 0.4) is 0 Å². The van der Waals surface area contributed by atoms with Gasteiger partial charge in [0.25, 0.3) is 0 Å². The molecular weight excluding hydrogens is 336 g/mol. The average Bonchev–Trinajstić information content (AvgIpc) is 2.62. The quantitative estimate of drug-likeness (QED) is 0.672. The molecule has 138 valence electrons. The summed E-state index contributed by atoms with van der Waals surface area (Å²) >= 11 is 0. The molecular formula is C18H22N4O4. The van der Waals surface area contributed by atoms with Gasteiger partial charge >= 0.3 is 6.03 Å². The Labute approximate surface area is 151 Å². The predicted molar refractivity (Wildman–Crippen MR) is 98.2 cm³/mol. The fourth-order valence-corrected chi connectivity index (χ4v) is 2.18. The minimum absolute atomic E-state index is 0.0363. The number of aromatic nitrogens is 1. The maximum atomic E-state index is 12.1. The molecule has 8 nitrogen and oxygen atoms in total. The molecule has 8 heteroatoms. The lowest BCUT2D eigenvalue weighted by molar-refractivity contribution is -0.119.